The number of rotatable bonds is 31. The molecule has 0 rings (SSSR count). The van der Waals surface area contributed by atoms with E-state index in [0.717, 1.165) is 0 Å². The van der Waals surface area contributed by atoms with Crippen LogP contribution in [-0.4, -0.2) is 165 Å². The molecular weight excluding hydrogens is 881 g/mol. The molecular formula is C39H68N10O15S. The Morgan fingerprint density at radius 3 is 1.46 bits per heavy atom. The van der Waals surface area contributed by atoms with E-state index in [0.29, 0.717) is 12.2 Å². The van der Waals surface area contributed by atoms with E-state index in [-0.39, 0.29) is 6.42 Å². The number of hydrogen-bond donors (Lipinski definition) is 14. The van der Waals surface area contributed by atoms with Gasteiger partial charge in [-0.1, -0.05) is 48.0 Å². The highest BCUT2D eigenvalue weighted by Crippen LogP contribution is 2.12. The van der Waals surface area contributed by atoms with E-state index < -0.39 is 170 Å². The number of amides is 9. The van der Waals surface area contributed by atoms with Crippen LogP contribution in [0.15, 0.2) is 0 Å². The molecule has 0 aromatic heterocycles. The molecule has 0 heterocycles. The fourth-order valence-electron chi connectivity index (χ4n) is 5.72. The second kappa shape index (κ2) is 29.8. The number of hydrogen-bond acceptors (Lipinski definition) is 15. The lowest BCUT2D eigenvalue weighted by Gasteiger charge is -2.29. The molecule has 9 amide bonds. The van der Waals surface area contributed by atoms with E-state index in [2.05, 4.69) is 42.5 Å². The Hall–Kier alpha value is -5.60. The summed E-state index contributed by atoms with van der Waals surface area (Å²) < 4.78 is 0. The summed E-state index contributed by atoms with van der Waals surface area (Å²) in [4.78, 5) is 141. The molecule has 0 saturated carbocycles. The van der Waals surface area contributed by atoms with Gasteiger partial charge in [-0.05, 0) is 49.5 Å². The van der Waals surface area contributed by atoms with Gasteiger partial charge in [0.05, 0.1) is 19.6 Å². The quantitative estimate of drug-likeness (QED) is 0.0310. The van der Waals surface area contributed by atoms with Crippen molar-refractivity contribution in [3.05, 3.63) is 0 Å². The summed E-state index contributed by atoms with van der Waals surface area (Å²) in [5, 5.41) is 57.0. The van der Waals surface area contributed by atoms with Crippen molar-refractivity contribution in [1.29, 1.82) is 0 Å². The van der Waals surface area contributed by atoms with Crippen LogP contribution in [0.1, 0.15) is 80.6 Å². The van der Waals surface area contributed by atoms with Gasteiger partial charge < -0.3 is 74.4 Å². The largest absolute Gasteiger partial charge is 0.481 e. The van der Waals surface area contributed by atoms with E-state index in [1.54, 1.807) is 47.8 Å². The number of aliphatic carboxylic acids is 2. The van der Waals surface area contributed by atoms with Gasteiger partial charge in [0.2, 0.25) is 53.2 Å². The van der Waals surface area contributed by atoms with Crippen LogP contribution in [-0.2, 0) is 52.7 Å². The molecule has 370 valence electrons. The Labute approximate surface area is 381 Å². The molecule has 0 aliphatic heterocycles. The normalized spacial score (nSPS) is 15.8. The predicted octanol–water partition coefficient (Wildman–Crippen LogP) is -4.87. The van der Waals surface area contributed by atoms with Crippen molar-refractivity contribution in [2.24, 2.45) is 29.2 Å². The number of nitrogens with two attached hydrogens (primary N) is 2. The lowest BCUT2D eigenvalue weighted by atomic mass is 9.97. The Kier molecular flexibility index (Phi) is 27.2. The molecule has 0 aromatic rings. The van der Waals surface area contributed by atoms with Gasteiger partial charge in [-0.25, -0.2) is 4.79 Å². The van der Waals surface area contributed by atoms with Crippen LogP contribution in [0.2, 0.25) is 0 Å². The topological polar surface area (TPSA) is 417 Å². The van der Waals surface area contributed by atoms with Crippen LogP contribution in [0.3, 0.4) is 0 Å². The predicted molar refractivity (Wildman–Crippen MR) is 234 cm³/mol. The summed E-state index contributed by atoms with van der Waals surface area (Å²) in [5.74, 6) is -13.0. The molecule has 0 aliphatic rings. The second-order valence-corrected chi connectivity index (χ2v) is 17.0. The van der Waals surface area contributed by atoms with Gasteiger partial charge in [-0.2, -0.15) is 11.8 Å². The maximum Gasteiger partial charge on any atom is 0.326 e. The Morgan fingerprint density at radius 1 is 0.538 bits per heavy atom. The van der Waals surface area contributed by atoms with Crippen molar-refractivity contribution < 1.29 is 73.2 Å². The number of thioether (sulfide) groups is 1. The molecule has 0 bridgehead atoms. The van der Waals surface area contributed by atoms with E-state index in [1.807, 2.05) is 0 Å². The summed E-state index contributed by atoms with van der Waals surface area (Å²) in [5.41, 5.74) is 10.9. The Bertz CT molecular complexity index is 1690. The first kappa shape index (κ1) is 59.4. The van der Waals surface area contributed by atoms with Crippen LogP contribution in [0.4, 0.5) is 0 Å². The summed E-state index contributed by atoms with van der Waals surface area (Å²) >= 11 is 1.36. The van der Waals surface area contributed by atoms with Gasteiger partial charge in [-0.3, -0.25) is 47.9 Å². The van der Waals surface area contributed by atoms with Crippen molar-refractivity contribution >= 4 is 76.9 Å². The lowest BCUT2D eigenvalue weighted by Crippen LogP contribution is -2.62. The van der Waals surface area contributed by atoms with Gasteiger partial charge in [0.1, 0.15) is 54.4 Å². The smallest absolute Gasteiger partial charge is 0.326 e. The average molecular weight is 949 g/mol. The molecule has 26 heteroatoms. The summed E-state index contributed by atoms with van der Waals surface area (Å²) in [7, 11) is 0. The minimum atomic E-state index is -1.88. The number of carbonyl (C=O) groups is 11. The monoisotopic (exact) mass is 948 g/mol. The maximum atomic E-state index is 13.6. The van der Waals surface area contributed by atoms with Crippen LogP contribution >= 0.6 is 11.8 Å². The van der Waals surface area contributed by atoms with E-state index in [4.69, 9.17) is 11.5 Å². The van der Waals surface area contributed by atoms with Crippen LogP contribution in [0, 0.1) is 17.8 Å². The first-order valence-corrected chi connectivity index (χ1v) is 22.3. The minimum Gasteiger partial charge on any atom is -0.481 e. The number of carbonyl (C=O) groups excluding carboxylic acids is 9. The molecule has 0 aliphatic carbocycles. The van der Waals surface area contributed by atoms with E-state index in [9.17, 15) is 73.2 Å². The van der Waals surface area contributed by atoms with Crippen molar-refractivity contribution in [3.63, 3.8) is 0 Å². The minimum absolute atomic E-state index is 0.110. The summed E-state index contributed by atoms with van der Waals surface area (Å²) in [6, 6.07) is -13.2. The molecule has 0 aromatic carbocycles. The van der Waals surface area contributed by atoms with Crippen molar-refractivity contribution in [2.45, 2.75) is 135 Å². The van der Waals surface area contributed by atoms with Gasteiger partial charge in [0, 0.05) is 6.42 Å². The van der Waals surface area contributed by atoms with Crippen LogP contribution in [0.25, 0.3) is 0 Å². The molecule has 0 saturated heterocycles. The fourth-order valence-corrected chi connectivity index (χ4v) is 6.19. The molecule has 0 radical (unpaired) electrons. The Balaban J connectivity index is 6.26. The van der Waals surface area contributed by atoms with Gasteiger partial charge >= 0.3 is 11.9 Å². The first-order valence-electron chi connectivity index (χ1n) is 20.9. The van der Waals surface area contributed by atoms with Crippen LogP contribution < -0.4 is 54.0 Å². The number of aliphatic hydroxyl groups is 2. The highest BCUT2D eigenvalue weighted by Gasteiger charge is 2.36. The molecule has 10 atom stereocenters. The average Bonchev–Trinajstić information content (AvgIpc) is 3.23. The van der Waals surface area contributed by atoms with Gasteiger partial charge in [0.25, 0.3) is 0 Å². The standard InChI is InChI=1S/C39H68N10O15S/c1-9-19(6)30(49-34(58)23(12-13-65-8)43-32(56)21(40)15-50)38(62)46-25(16-51)36(60)45-24(14-26(41)52)35(59)44-22(10-11-27(53)54)33(57)42-20(7)31(55)47-28(17(2)3)37(61)48-29(18(4)5)39(63)64/h17-25,28-30,50-51H,9-16,40H2,1-8H3,(H2,41,52)(H,42,57)(H,43,56)(H,44,59)(H,45,60)(H,46,62)(H,47,55)(H,48,61)(H,49,58)(H,53,54)(H,63,64)/t19-,20-,21-,22-,23-,24-,25-,28-,29-,30-/m0/s1. The zero-order valence-electron chi connectivity index (χ0n) is 37.9. The zero-order chi connectivity index (χ0) is 50.3. The fraction of sp³-hybridized carbons (Fsp3) is 0.718. The summed E-state index contributed by atoms with van der Waals surface area (Å²) in [6.45, 7) is 9.02. The van der Waals surface area contributed by atoms with Crippen molar-refractivity contribution in [2.75, 3.05) is 25.2 Å². The highest BCUT2D eigenvalue weighted by atomic mass is 32.2. The lowest BCUT2D eigenvalue weighted by molar-refractivity contribution is -0.144. The number of primary amides is 1. The second-order valence-electron chi connectivity index (χ2n) is 16.0. The zero-order valence-corrected chi connectivity index (χ0v) is 38.7. The molecule has 25 nitrogen and oxygen atoms in total. The Morgan fingerprint density at radius 2 is 0.985 bits per heavy atom. The molecule has 0 unspecified atom stereocenters. The SMILES string of the molecule is CC[C@H](C)[C@H](NC(=O)[C@H](CCSC)NC(=O)[C@@H](N)CO)C(=O)N[C@@H](CO)C(=O)N[C@@H](CC(N)=O)C(=O)N[C@@H](CCC(=O)O)C(=O)N[C@@H](C)C(=O)N[C@H](C(=O)N[C@H](C(=O)O)C(C)C)C(C)C. The van der Waals surface area contributed by atoms with Crippen molar-refractivity contribution in [1.82, 2.24) is 42.5 Å². The van der Waals surface area contributed by atoms with Gasteiger partial charge in [0.15, 0.2) is 0 Å². The molecule has 16 N–H and O–H groups in total. The third-order valence-electron chi connectivity index (χ3n) is 9.93. The number of carboxylic acid groups (broad SMARTS) is 2. The maximum absolute atomic E-state index is 13.6. The number of carboxylic acids is 2. The molecule has 65 heavy (non-hydrogen) atoms. The van der Waals surface area contributed by atoms with Crippen LogP contribution in [0.5, 0.6) is 0 Å². The summed E-state index contributed by atoms with van der Waals surface area (Å²) in [6.07, 6.45) is 0.00913. The number of nitrogens with one attached hydrogen (secondary N) is 8. The third-order valence-corrected chi connectivity index (χ3v) is 10.6. The van der Waals surface area contributed by atoms with Gasteiger partial charge in [-0.15, -0.1) is 0 Å². The first-order chi connectivity index (χ1) is 30.3. The third kappa shape index (κ3) is 21.3. The van der Waals surface area contributed by atoms with Crippen molar-refractivity contribution in [3.8, 4) is 0 Å². The molecule has 0 fully saturated rings. The highest BCUT2D eigenvalue weighted by molar-refractivity contribution is 7.98. The molecule has 0 spiro atoms. The van der Waals surface area contributed by atoms with E-state index in [1.165, 1.54) is 18.7 Å². The number of aliphatic hydroxyl groups excluding tert-OH is 2. The van der Waals surface area contributed by atoms with E-state index >= 15 is 0 Å².